The van der Waals surface area contributed by atoms with Gasteiger partial charge >= 0.3 is 0 Å². The lowest BCUT2D eigenvalue weighted by Gasteiger charge is -2.24. The minimum atomic E-state index is -0.147. The number of nitrogens with zero attached hydrogens (tertiary/aromatic N) is 1. The number of para-hydroxylation sites is 1. The number of hydrogen-bond acceptors (Lipinski definition) is 4. The Hall–Kier alpha value is -1.75. The minimum absolute atomic E-state index is 0.147. The number of hydrogen-bond donors (Lipinski definition) is 2. The molecule has 5 heteroatoms. The number of nitrogen functional groups attached to an aromatic ring is 1. The first-order valence-corrected chi connectivity index (χ1v) is 7.54. The fourth-order valence-electron chi connectivity index (χ4n) is 2.89. The number of amides is 1. The zero-order valence-corrected chi connectivity index (χ0v) is 12.9. The number of methoxy groups -OCH3 is 1. The van der Waals surface area contributed by atoms with Gasteiger partial charge in [0.05, 0.1) is 18.4 Å². The van der Waals surface area contributed by atoms with Crippen molar-refractivity contribution in [3.63, 3.8) is 0 Å². The van der Waals surface area contributed by atoms with Crippen LogP contribution in [0.25, 0.3) is 0 Å². The van der Waals surface area contributed by atoms with Crippen molar-refractivity contribution in [1.29, 1.82) is 0 Å². The fraction of sp³-hybridized carbons (Fsp3) is 0.562. The van der Waals surface area contributed by atoms with Gasteiger partial charge in [-0.2, -0.15) is 0 Å². The SMILES string of the molecule is COc1cccc(C(=O)NCCN(C)C2CCCC2)c1N. The van der Waals surface area contributed by atoms with E-state index in [0.717, 1.165) is 6.54 Å². The number of anilines is 1. The molecule has 5 nitrogen and oxygen atoms in total. The van der Waals surface area contributed by atoms with Crippen molar-refractivity contribution < 1.29 is 9.53 Å². The molecule has 0 aliphatic heterocycles. The molecule has 0 atom stereocenters. The Morgan fingerprint density at radius 1 is 1.43 bits per heavy atom. The van der Waals surface area contributed by atoms with Crippen LogP contribution < -0.4 is 15.8 Å². The van der Waals surface area contributed by atoms with Crippen molar-refractivity contribution in [1.82, 2.24) is 10.2 Å². The molecule has 1 aliphatic rings. The van der Waals surface area contributed by atoms with Crippen molar-refractivity contribution in [2.75, 3.05) is 33.0 Å². The van der Waals surface area contributed by atoms with Crippen LogP contribution in [0.3, 0.4) is 0 Å². The number of carbonyl (C=O) groups excluding carboxylic acids is 1. The predicted octanol–water partition coefficient (Wildman–Crippen LogP) is 1.88. The molecule has 3 N–H and O–H groups in total. The Labute approximate surface area is 126 Å². The van der Waals surface area contributed by atoms with Crippen molar-refractivity contribution in [2.45, 2.75) is 31.7 Å². The molecule has 0 heterocycles. The number of nitrogens with two attached hydrogens (primary N) is 1. The molecule has 0 saturated heterocycles. The van der Waals surface area contributed by atoms with Crippen LogP contribution in [0.15, 0.2) is 18.2 Å². The quantitative estimate of drug-likeness (QED) is 0.785. The fourth-order valence-corrected chi connectivity index (χ4v) is 2.89. The molecular formula is C16H25N3O2. The van der Waals surface area contributed by atoms with Gasteiger partial charge in [0, 0.05) is 19.1 Å². The Bertz CT molecular complexity index is 484. The highest BCUT2D eigenvalue weighted by molar-refractivity contribution is 6.00. The third-order valence-corrected chi connectivity index (χ3v) is 4.23. The van der Waals surface area contributed by atoms with Crippen molar-refractivity contribution >= 4 is 11.6 Å². The van der Waals surface area contributed by atoms with Crippen LogP contribution in [0.1, 0.15) is 36.0 Å². The number of benzene rings is 1. The van der Waals surface area contributed by atoms with Gasteiger partial charge in [-0.15, -0.1) is 0 Å². The van der Waals surface area contributed by atoms with Crippen molar-refractivity contribution in [3.05, 3.63) is 23.8 Å². The standard InChI is InChI=1S/C16H25N3O2/c1-19(12-6-3-4-7-12)11-10-18-16(20)13-8-5-9-14(21-2)15(13)17/h5,8-9,12H,3-4,6-7,10-11,17H2,1-2H3,(H,18,20). The average Bonchev–Trinajstić information content (AvgIpc) is 3.01. The van der Waals surface area contributed by atoms with Gasteiger partial charge in [-0.25, -0.2) is 0 Å². The summed E-state index contributed by atoms with van der Waals surface area (Å²) < 4.78 is 5.13. The summed E-state index contributed by atoms with van der Waals surface area (Å²) in [6.45, 7) is 1.49. The largest absolute Gasteiger partial charge is 0.495 e. The maximum absolute atomic E-state index is 12.2. The van der Waals surface area contributed by atoms with Gasteiger partial charge in [0.15, 0.2) is 0 Å². The Morgan fingerprint density at radius 3 is 2.81 bits per heavy atom. The summed E-state index contributed by atoms with van der Waals surface area (Å²) >= 11 is 0. The van der Waals surface area contributed by atoms with E-state index in [-0.39, 0.29) is 5.91 Å². The van der Waals surface area contributed by atoms with Gasteiger partial charge in [-0.3, -0.25) is 4.79 Å². The number of ether oxygens (including phenoxy) is 1. The van der Waals surface area contributed by atoms with Crippen LogP contribution in [-0.4, -0.2) is 44.1 Å². The van der Waals surface area contributed by atoms with Crippen LogP contribution in [-0.2, 0) is 0 Å². The van der Waals surface area contributed by atoms with E-state index in [1.54, 1.807) is 25.3 Å². The summed E-state index contributed by atoms with van der Waals surface area (Å²) in [6, 6.07) is 5.91. The lowest BCUT2D eigenvalue weighted by Crippen LogP contribution is -2.37. The second-order valence-corrected chi connectivity index (χ2v) is 5.60. The zero-order chi connectivity index (χ0) is 15.2. The first-order chi connectivity index (χ1) is 10.1. The normalized spacial score (nSPS) is 15.4. The lowest BCUT2D eigenvalue weighted by molar-refractivity contribution is 0.0948. The predicted molar refractivity (Wildman–Crippen MR) is 84.6 cm³/mol. The van der Waals surface area contributed by atoms with E-state index < -0.39 is 0 Å². The molecule has 0 unspecified atom stereocenters. The van der Waals surface area contributed by atoms with E-state index in [1.165, 1.54) is 25.7 Å². The highest BCUT2D eigenvalue weighted by atomic mass is 16.5. The zero-order valence-electron chi connectivity index (χ0n) is 12.9. The van der Waals surface area contributed by atoms with Gasteiger partial charge < -0.3 is 20.7 Å². The summed E-state index contributed by atoms with van der Waals surface area (Å²) in [5.41, 5.74) is 6.79. The third-order valence-electron chi connectivity index (χ3n) is 4.23. The minimum Gasteiger partial charge on any atom is -0.495 e. The molecule has 1 saturated carbocycles. The molecule has 0 radical (unpaired) electrons. The number of rotatable bonds is 6. The molecule has 0 spiro atoms. The molecule has 1 fully saturated rings. The van der Waals surface area contributed by atoms with Crippen LogP contribution in [0.2, 0.25) is 0 Å². The molecule has 116 valence electrons. The van der Waals surface area contributed by atoms with Gasteiger partial charge in [0.2, 0.25) is 0 Å². The Balaban J connectivity index is 1.84. The molecule has 1 amide bonds. The van der Waals surface area contributed by atoms with E-state index >= 15 is 0 Å². The first-order valence-electron chi connectivity index (χ1n) is 7.54. The lowest BCUT2D eigenvalue weighted by atomic mass is 10.1. The van der Waals surface area contributed by atoms with Gasteiger partial charge in [-0.1, -0.05) is 18.9 Å². The van der Waals surface area contributed by atoms with E-state index in [9.17, 15) is 4.79 Å². The third kappa shape index (κ3) is 3.88. The molecular weight excluding hydrogens is 266 g/mol. The number of nitrogens with one attached hydrogen (secondary N) is 1. The molecule has 1 aromatic carbocycles. The highest BCUT2D eigenvalue weighted by Gasteiger charge is 2.19. The summed E-state index contributed by atoms with van der Waals surface area (Å²) in [5.74, 6) is 0.386. The Morgan fingerprint density at radius 2 is 2.14 bits per heavy atom. The van der Waals surface area contributed by atoms with Crippen LogP contribution in [0.4, 0.5) is 5.69 Å². The second kappa shape index (κ2) is 7.31. The van der Waals surface area contributed by atoms with Gasteiger partial charge in [0.25, 0.3) is 5.91 Å². The first kappa shape index (κ1) is 15.6. The van der Waals surface area contributed by atoms with Gasteiger partial charge in [0.1, 0.15) is 5.75 Å². The number of carbonyl (C=O) groups is 1. The monoisotopic (exact) mass is 291 g/mol. The molecule has 1 aliphatic carbocycles. The smallest absolute Gasteiger partial charge is 0.253 e. The van der Waals surface area contributed by atoms with Crippen LogP contribution in [0, 0.1) is 0 Å². The Kier molecular flexibility index (Phi) is 5.44. The average molecular weight is 291 g/mol. The maximum Gasteiger partial charge on any atom is 0.253 e. The molecule has 2 rings (SSSR count). The summed E-state index contributed by atoms with van der Waals surface area (Å²) in [6.07, 6.45) is 5.18. The van der Waals surface area contributed by atoms with E-state index in [1.807, 2.05) is 0 Å². The summed E-state index contributed by atoms with van der Waals surface area (Å²) in [7, 11) is 3.67. The van der Waals surface area contributed by atoms with Crippen molar-refractivity contribution in [2.24, 2.45) is 0 Å². The summed E-state index contributed by atoms with van der Waals surface area (Å²) in [5, 5.41) is 2.93. The molecule has 0 aromatic heterocycles. The van der Waals surface area contributed by atoms with E-state index in [0.29, 0.717) is 29.6 Å². The number of likely N-dealkylation sites (N-methyl/N-ethyl adjacent to an activating group) is 1. The van der Waals surface area contributed by atoms with E-state index in [4.69, 9.17) is 10.5 Å². The summed E-state index contributed by atoms with van der Waals surface area (Å²) in [4.78, 5) is 14.5. The molecule has 1 aromatic rings. The molecule has 0 bridgehead atoms. The van der Waals surface area contributed by atoms with Crippen LogP contribution in [0.5, 0.6) is 5.75 Å². The van der Waals surface area contributed by atoms with E-state index in [2.05, 4.69) is 17.3 Å². The van der Waals surface area contributed by atoms with Crippen molar-refractivity contribution in [3.8, 4) is 5.75 Å². The van der Waals surface area contributed by atoms with Crippen LogP contribution >= 0.6 is 0 Å². The second-order valence-electron chi connectivity index (χ2n) is 5.60. The topological polar surface area (TPSA) is 67.6 Å². The maximum atomic E-state index is 12.2. The highest BCUT2D eigenvalue weighted by Crippen LogP contribution is 2.24. The van der Waals surface area contributed by atoms with Gasteiger partial charge in [-0.05, 0) is 32.0 Å². The molecule has 21 heavy (non-hydrogen) atoms.